The molecule has 0 aromatic heterocycles. The second kappa shape index (κ2) is 6.17. The minimum absolute atomic E-state index is 0.321. The Labute approximate surface area is 105 Å². The van der Waals surface area contributed by atoms with E-state index >= 15 is 0 Å². The van der Waals surface area contributed by atoms with Gasteiger partial charge in [-0.3, -0.25) is 4.90 Å². The lowest BCUT2D eigenvalue weighted by Crippen LogP contribution is -2.43. The van der Waals surface area contributed by atoms with Gasteiger partial charge in [-0.15, -0.1) is 0 Å². The zero-order valence-electron chi connectivity index (χ0n) is 11.3. The van der Waals surface area contributed by atoms with Crippen LogP contribution in [-0.2, 0) is 4.74 Å². The Kier molecular flexibility index (Phi) is 4.83. The molecule has 1 aliphatic heterocycles. The van der Waals surface area contributed by atoms with Crippen molar-refractivity contribution >= 4 is 0 Å². The van der Waals surface area contributed by atoms with E-state index in [1.54, 1.807) is 0 Å². The average Bonchev–Trinajstić information content (AvgIpc) is 2.64. The first-order valence-corrected chi connectivity index (χ1v) is 7.24. The first kappa shape index (κ1) is 13.3. The van der Waals surface area contributed by atoms with Crippen LogP contribution in [0, 0.1) is 5.92 Å². The number of aliphatic hydroxyl groups is 1. The maximum atomic E-state index is 9.98. The van der Waals surface area contributed by atoms with E-state index in [4.69, 9.17) is 4.74 Å². The van der Waals surface area contributed by atoms with Gasteiger partial charge in [0.25, 0.3) is 0 Å². The standard InChI is InChI=1S/C14H27NO2/c1-3-17-10-13(16)9-15-11(2)8-12-6-4-5-7-14(12)15/h11-14,16H,3-10H2,1-2H3/t11-,12+,13-,14-/m1/s1. The van der Waals surface area contributed by atoms with Crippen LogP contribution in [0.2, 0.25) is 0 Å². The van der Waals surface area contributed by atoms with Crippen molar-refractivity contribution in [1.29, 1.82) is 0 Å². The zero-order chi connectivity index (χ0) is 12.3. The molecular formula is C14H27NO2. The van der Waals surface area contributed by atoms with Gasteiger partial charge >= 0.3 is 0 Å². The van der Waals surface area contributed by atoms with Crippen molar-refractivity contribution in [2.24, 2.45) is 5.92 Å². The lowest BCUT2D eigenvalue weighted by molar-refractivity contribution is 0.00760. The number of hydrogen-bond donors (Lipinski definition) is 1. The molecule has 100 valence electrons. The number of nitrogens with zero attached hydrogens (tertiary/aromatic N) is 1. The first-order valence-electron chi connectivity index (χ1n) is 7.24. The molecule has 1 saturated heterocycles. The van der Waals surface area contributed by atoms with E-state index in [0.29, 0.717) is 19.3 Å². The van der Waals surface area contributed by atoms with Gasteiger partial charge in [0, 0.05) is 25.2 Å². The summed E-state index contributed by atoms with van der Waals surface area (Å²) >= 11 is 0. The number of rotatable bonds is 5. The number of β-amino-alcohol motifs (C(OH)–C–C–N with tert-alkyl or cyclic N) is 1. The lowest BCUT2D eigenvalue weighted by Gasteiger charge is -2.34. The normalized spacial score (nSPS) is 35.8. The van der Waals surface area contributed by atoms with Crippen molar-refractivity contribution < 1.29 is 9.84 Å². The van der Waals surface area contributed by atoms with Gasteiger partial charge < -0.3 is 9.84 Å². The second-order valence-corrected chi connectivity index (χ2v) is 5.71. The monoisotopic (exact) mass is 241 g/mol. The molecule has 1 heterocycles. The topological polar surface area (TPSA) is 32.7 Å². The smallest absolute Gasteiger partial charge is 0.0900 e. The third-order valence-electron chi connectivity index (χ3n) is 4.44. The van der Waals surface area contributed by atoms with Gasteiger partial charge in [-0.2, -0.15) is 0 Å². The minimum atomic E-state index is -0.321. The molecule has 1 aliphatic carbocycles. The van der Waals surface area contributed by atoms with Gasteiger partial charge in [0.05, 0.1) is 12.7 Å². The van der Waals surface area contributed by atoms with Crippen molar-refractivity contribution in [2.75, 3.05) is 19.8 Å². The van der Waals surface area contributed by atoms with Crippen molar-refractivity contribution in [3.05, 3.63) is 0 Å². The maximum absolute atomic E-state index is 9.98. The van der Waals surface area contributed by atoms with Gasteiger partial charge in [0.2, 0.25) is 0 Å². The highest BCUT2D eigenvalue weighted by atomic mass is 16.5. The Morgan fingerprint density at radius 2 is 2.12 bits per heavy atom. The van der Waals surface area contributed by atoms with E-state index in [9.17, 15) is 5.11 Å². The molecule has 0 spiro atoms. The number of aliphatic hydroxyl groups excluding tert-OH is 1. The van der Waals surface area contributed by atoms with Crippen LogP contribution in [0.3, 0.4) is 0 Å². The fraction of sp³-hybridized carbons (Fsp3) is 1.00. The molecule has 2 aliphatic rings. The van der Waals surface area contributed by atoms with Gasteiger partial charge in [0.15, 0.2) is 0 Å². The molecule has 4 atom stereocenters. The summed E-state index contributed by atoms with van der Waals surface area (Å²) in [6.45, 7) is 6.26. The van der Waals surface area contributed by atoms with Crippen LogP contribution in [-0.4, -0.2) is 48.0 Å². The highest BCUT2D eigenvalue weighted by Gasteiger charge is 2.40. The van der Waals surface area contributed by atoms with Gasteiger partial charge in [0.1, 0.15) is 0 Å². The van der Waals surface area contributed by atoms with Gasteiger partial charge in [-0.05, 0) is 39.0 Å². The molecular weight excluding hydrogens is 214 g/mol. The number of likely N-dealkylation sites (tertiary alicyclic amines) is 1. The van der Waals surface area contributed by atoms with E-state index in [1.807, 2.05) is 6.92 Å². The van der Waals surface area contributed by atoms with Crippen LogP contribution in [0.5, 0.6) is 0 Å². The van der Waals surface area contributed by atoms with E-state index in [0.717, 1.165) is 18.5 Å². The van der Waals surface area contributed by atoms with E-state index in [2.05, 4.69) is 11.8 Å². The summed E-state index contributed by atoms with van der Waals surface area (Å²) in [5.74, 6) is 0.887. The van der Waals surface area contributed by atoms with Crippen LogP contribution >= 0.6 is 0 Å². The molecule has 17 heavy (non-hydrogen) atoms. The summed E-state index contributed by atoms with van der Waals surface area (Å²) in [5.41, 5.74) is 0. The Hall–Kier alpha value is -0.120. The third-order valence-corrected chi connectivity index (χ3v) is 4.44. The molecule has 3 heteroatoms. The maximum Gasteiger partial charge on any atom is 0.0900 e. The van der Waals surface area contributed by atoms with Crippen molar-refractivity contribution in [2.45, 2.75) is 64.1 Å². The van der Waals surface area contributed by atoms with Crippen LogP contribution in [0.1, 0.15) is 46.0 Å². The first-order chi connectivity index (χ1) is 8.22. The average molecular weight is 241 g/mol. The predicted octanol–water partition coefficient (Wildman–Crippen LogP) is 2.04. The number of ether oxygens (including phenoxy) is 1. The van der Waals surface area contributed by atoms with Gasteiger partial charge in [-0.1, -0.05) is 12.8 Å². The number of hydrogen-bond acceptors (Lipinski definition) is 3. The fourth-order valence-electron chi connectivity index (χ4n) is 3.67. The number of fused-ring (bicyclic) bond motifs is 1. The Balaban J connectivity index is 1.86. The minimum Gasteiger partial charge on any atom is -0.389 e. The summed E-state index contributed by atoms with van der Waals surface area (Å²) in [7, 11) is 0. The molecule has 0 bridgehead atoms. The summed E-state index contributed by atoms with van der Waals surface area (Å²) in [6.07, 6.45) is 6.50. The molecule has 1 saturated carbocycles. The summed E-state index contributed by atoms with van der Waals surface area (Å²) in [6, 6.07) is 1.37. The molecule has 2 fully saturated rings. The van der Waals surface area contributed by atoms with Gasteiger partial charge in [-0.25, -0.2) is 0 Å². The van der Waals surface area contributed by atoms with E-state index in [1.165, 1.54) is 32.1 Å². The Morgan fingerprint density at radius 3 is 2.88 bits per heavy atom. The predicted molar refractivity (Wildman–Crippen MR) is 69.0 cm³/mol. The van der Waals surface area contributed by atoms with Crippen molar-refractivity contribution in [1.82, 2.24) is 4.90 Å². The molecule has 0 aromatic rings. The lowest BCUT2D eigenvalue weighted by atomic mass is 9.85. The van der Waals surface area contributed by atoms with Crippen LogP contribution < -0.4 is 0 Å². The molecule has 0 aromatic carbocycles. The largest absolute Gasteiger partial charge is 0.389 e. The molecule has 0 radical (unpaired) electrons. The SMILES string of the molecule is CCOC[C@H](O)CN1[C@H](C)C[C@@H]2CCCC[C@H]21. The van der Waals surface area contributed by atoms with E-state index < -0.39 is 0 Å². The highest BCUT2D eigenvalue weighted by Crippen LogP contribution is 2.39. The van der Waals surface area contributed by atoms with Crippen LogP contribution in [0.4, 0.5) is 0 Å². The molecule has 1 N–H and O–H groups in total. The fourth-order valence-corrected chi connectivity index (χ4v) is 3.67. The Morgan fingerprint density at radius 1 is 1.35 bits per heavy atom. The molecule has 3 nitrogen and oxygen atoms in total. The van der Waals surface area contributed by atoms with Crippen LogP contribution in [0.25, 0.3) is 0 Å². The highest BCUT2D eigenvalue weighted by molar-refractivity contribution is 4.94. The zero-order valence-corrected chi connectivity index (χ0v) is 11.3. The van der Waals surface area contributed by atoms with Crippen molar-refractivity contribution in [3.63, 3.8) is 0 Å². The van der Waals surface area contributed by atoms with Crippen molar-refractivity contribution in [3.8, 4) is 0 Å². The molecule has 0 unspecified atom stereocenters. The molecule has 2 rings (SSSR count). The second-order valence-electron chi connectivity index (χ2n) is 5.71. The summed E-state index contributed by atoms with van der Waals surface area (Å²) < 4.78 is 5.30. The van der Waals surface area contributed by atoms with Crippen LogP contribution in [0.15, 0.2) is 0 Å². The van der Waals surface area contributed by atoms with E-state index in [-0.39, 0.29) is 6.10 Å². The Bertz CT molecular complexity index is 234. The molecule has 0 amide bonds. The quantitative estimate of drug-likeness (QED) is 0.799. The summed E-state index contributed by atoms with van der Waals surface area (Å²) in [5, 5.41) is 9.98. The summed E-state index contributed by atoms with van der Waals surface area (Å²) in [4.78, 5) is 2.54. The third kappa shape index (κ3) is 3.21.